The molecule has 32 heavy (non-hydrogen) atoms. The van der Waals surface area contributed by atoms with Crippen LogP contribution in [0.4, 0.5) is 5.82 Å². The molecule has 4 heterocycles. The molecule has 2 amide bonds. The topological polar surface area (TPSA) is 117 Å². The molecule has 0 unspecified atom stereocenters. The number of likely N-dealkylation sites (tertiary alicyclic amines) is 1. The molecule has 4 N–H and O–H groups in total. The molecule has 0 radical (unpaired) electrons. The zero-order valence-corrected chi connectivity index (χ0v) is 18.3. The quantitative estimate of drug-likeness (QED) is 0.512. The van der Waals surface area contributed by atoms with Crippen LogP contribution in [0.15, 0.2) is 36.7 Å². The Morgan fingerprint density at radius 2 is 2.03 bits per heavy atom. The molecular formula is C23H25ClN6O2. The first-order chi connectivity index (χ1) is 15.5. The highest BCUT2D eigenvalue weighted by Crippen LogP contribution is 2.33. The SMILES string of the molecule is NC(=O)[C@@H]1CCC(=O)N1C1CCC(Nc2cc(-c3c[nH]c4ncccc34)cc(Cl)n2)CC1. The smallest absolute Gasteiger partial charge is 0.240 e. The summed E-state index contributed by atoms with van der Waals surface area (Å²) in [5.74, 6) is 0.361. The number of amides is 2. The van der Waals surface area contributed by atoms with E-state index in [2.05, 4.69) is 20.3 Å². The lowest BCUT2D eigenvalue weighted by Crippen LogP contribution is -2.49. The van der Waals surface area contributed by atoms with Gasteiger partial charge in [0.15, 0.2) is 0 Å². The average Bonchev–Trinajstić information content (AvgIpc) is 3.38. The van der Waals surface area contributed by atoms with E-state index in [1.807, 2.05) is 30.5 Å². The van der Waals surface area contributed by atoms with E-state index in [0.29, 0.717) is 18.0 Å². The number of hydrogen-bond acceptors (Lipinski definition) is 5. The normalized spacial score (nSPS) is 23.6. The number of pyridine rings is 2. The number of nitrogens with two attached hydrogens (primary N) is 1. The van der Waals surface area contributed by atoms with Gasteiger partial charge in [-0.25, -0.2) is 9.97 Å². The van der Waals surface area contributed by atoms with Crippen LogP contribution < -0.4 is 11.1 Å². The monoisotopic (exact) mass is 452 g/mol. The number of primary amides is 1. The Labute approximate surface area is 190 Å². The van der Waals surface area contributed by atoms with Crippen LogP contribution in [0.3, 0.4) is 0 Å². The van der Waals surface area contributed by atoms with E-state index >= 15 is 0 Å². The fourth-order valence-electron chi connectivity index (χ4n) is 5.07. The molecule has 3 aromatic heterocycles. The minimum Gasteiger partial charge on any atom is -0.368 e. The summed E-state index contributed by atoms with van der Waals surface area (Å²) in [6.45, 7) is 0. The maximum atomic E-state index is 12.3. The molecule has 1 saturated heterocycles. The van der Waals surface area contributed by atoms with Crippen LogP contribution in [0.25, 0.3) is 22.2 Å². The number of aromatic amines is 1. The molecule has 1 saturated carbocycles. The van der Waals surface area contributed by atoms with Crippen molar-refractivity contribution in [3.05, 3.63) is 41.8 Å². The summed E-state index contributed by atoms with van der Waals surface area (Å²) in [7, 11) is 0. The lowest BCUT2D eigenvalue weighted by Gasteiger charge is -2.37. The number of aromatic nitrogens is 3. The molecule has 8 nitrogen and oxygen atoms in total. The van der Waals surface area contributed by atoms with Crippen molar-refractivity contribution in [2.75, 3.05) is 5.32 Å². The molecular weight excluding hydrogens is 428 g/mol. The number of nitrogens with one attached hydrogen (secondary N) is 2. The second-order valence-corrected chi connectivity index (χ2v) is 8.96. The van der Waals surface area contributed by atoms with E-state index in [0.717, 1.165) is 53.7 Å². The maximum Gasteiger partial charge on any atom is 0.240 e. The molecule has 1 aliphatic carbocycles. The summed E-state index contributed by atoms with van der Waals surface area (Å²) < 4.78 is 0. The highest BCUT2D eigenvalue weighted by molar-refractivity contribution is 6.29. The lowest BCUT2D eigenvalue weighted by molar-refractivity contribution is -0.137. The van der Waals surface area contributed by atoms with Crippen LogP contribution in [-0.2, 0) is 9.59 Å². The van der Waals surface area contributed by atoms with Gasteiger partial charge in [-0.05, 0) is 61.9 Å². The van der Waals surface area contributed by atoms with Gasteiger partial charge in [-0.2, -0.15) is 0 Å². The summed E-state index contributed by atoms with van der Waals surface area (Å²) in [6.07, 6.45) is 8.03. The molecule has 2 aliphatic rings. The van der Waals surface area contributed by atoms with E-state index in [9.17, 15) is 9.59 Å². The van der Waals surface area contributed by atoms with E-state index < -0.39 is 11.9 Å². The predicted molar refractivity (Wildman–Crippen MR) is 123 cm³/mol. The number of hydrogen-bond donors (Lipinski definition) is 3. The van der Waals surface area contributed by atoms with Crippen molar-refractivity contribution in [3.63, 3.8) is 0 Å². The van der Waals surface area contributed by atoms with Crippen molar-refractivity contribution in [1.82, 2.24) is 19.9 Å². The molecule has 0 aromatic carbocycles. The second-order valence-electron chi connectivity index (χ2n) is 8.57. The second kappa shape index (κ2) is 8.43. The fraction of sp³-hybridized carbons (Fsp3) is 0.391. The van der Waals surface area contributed by atoms with Gasteiger partial charge in [0, 0.05) is 41.8 Å². The van der Waals surface area contributed by atoms with Gasteiger partial charge in [-0.1, -0.05) is 11.6 Å². The summed E-state index contributed by atoms with van der Waals surface area (Å²) in [6, 6.07) is 7.62. The third-order valence-electron chi connectivity index (χ3n) is 6.58. The van der Waals surface area contributed by atoms with Gasteiger partial charge in [0.05, 0.1) is 0 Å². The Balaban J connectivity index is 1.29. The number of rotatable bonds is 5. The van der Waals surface area contributed by atoms with Gasteiger partial charge in [-0.15, -0.1) is 0 Å². The van der Waals surface area contributed by atoms with Gasteiger partial charge in [0.25, 0.3) is 0 Å². The number of nitrogens with zero attached hydrogens (tertiary/aromatic N) is 3. The number of carbonyl (C=O) groups is 2. The van der Waals surface area contributed by atoms with Crippen LogP contribution in [0.2, 0.25) is 5.15 Å². The number of carbonyl (C=O) groups excluding carboxylic acids is 2. The van der Waals surface area contributed by atoms with Crippen molar-refractivity contribution >= 4 is 40.3 Å². The van der Waals surface area contributed by atoms with Gasteiger partial charge in [0.2, 0.25) is 11.8 Å². The average molecular weight is 453 g/mol. The molecule has 3 aromatic rings. The van der Waals surface area contributed by atoms with Crippen LogP contribution in [0, 0.1) is 0 Å². The lowest BCUT2D eigenvalue weighted by atomic mass is 9.89. The Morgan fingerprint density at radius 3 is 2.81 bits per heavy atom. The zero-order valence-electron chi connectivity index (χ0n) is 17.6. The van der Waals surface area contributed by atoms with Crippen molar-refractivity contribution in [2.45, 2.75) is 56.7 Å². The molecule has 2 fully saturated rings. The first-order valence-corrected chi connectivity index (χ1v) is 11.3. The molecule has 5 rings (SSSR count). The van der Waals surface area contributed by atoms with Crippen LogP contribution >= 0.6 is 11.6 Å². The van der Waals surface area contributed by atoms with Gasteiger partial charge >= 0.3 is 0 Å². The molecule has 0 bridgehead atoms. The van der Waals surface area contributed by atoms with Crippen LogP contribution in [-0.4, -0.2) is 49.8 Å². The number of H-pyrrole nitrogens is 1. The minimum atomic E-state index is -0.458. The number of anilines is 1. The molecule has 1 atom stereocenters. The van der Waals surface area contributed by atoms with Gasteiger partial charge in [0.1, 0.15) is 22.7 Å². The summed E-state index contributed by atoms with van der Waals surface area (Å²) >= 11 is 6.34. The van der Waals surface area contributed by atoms with Gasteiger partial charge < -0.3 is 20.9 Å². The van der Waals surface area contributed by atoms with Crippen molar-refractivity contribution < 1.29 is 9.59 Å². The Bertz CT molecular complexity index is 1170. The Hall–Kier alpha value is -3.13. The largest absolute Gasteiger partial charge is 0.368 e. The van der Waals surface area contributed by atoms with Crippen molar-refractivity contribution in [2.24, 2.45) is 5.73 Å². The van der Waals surface area contributed by atoms with E-state index in [4.69, 9.17) is 17.3 Å². The minimum absolute atomic E-state index is 0.0413. The van der Waals surface area contributed by atoms with Crippen molar-refractivity contribution in [1.29, 1.82) is 0 Å². The summed E-state index contributed by atoms with van der Waals surface area (Å²) in [5, 5.41) is 4.96. The number of halogens is 1. The predicted octanol–water partition coefficient (Wildman–Crippen LogP) is 3.48. The van der Waals surface area contributed by atoms with E-state index in [1.54, 1.807) is 11.1 Å². The first kappa shape index (κ1) is 20.8. The standard InChI is InChI=1S/C23H25ClN6O2/c24-19-10-13(17-12-27-23-16(17)2-1-9-26-23)11-20(29-19)28-14-3-5-15(6-4-14)30-18(22(25)32)7-8-21(30)31/h1-2,9-12,14-15,18H,3-8H2,(H2,25,32)(H,26,27)(H,28,29)/t14?,15?,18-/m0/s1. The molecule has 0 spiro atoms. The third kappa shape index (κ3) is 3.90. The van der Waals surface area contributed by atoms with E-state index in [-0.39, 0.29) is 18.0 Å². The Kier molecular flexibility index (Phi) is 5.46. The third-order valence-corrected chi connectivity index (χ3v) is 6.78. The van der Waals surface area contributed by atoms with Crippen molar-refractivity contribution in [3.8, 4) is 11.1 Å². The first-order valence-electron chi connectivity index (χ1n) is 11.0. The van der Waals surface area contributed by atoms with Crippen LogP contribution in [0.5, 0.6) is 0 Å². The number of fused-ring (bicyclic) bond motifs is 1. The van der Waals surface area contributed by atoms with Crippen LogP contribution in [0.1, 0.15) is 38.5 Å². The zero-order chi connectivity index (χ0) is 22.2. The van der Waals surface area contributed by atoms with Gasteiger partial charge in [-0.3, -0.25) is 9.59 Å². The van der Waals surface area contributed by atoms with E-state index in [1.165, 1.54) is 0 Å². The molecule has 9 heteroatoms. The highest BCUT2D eigenvalue weighted by Gasteiger charge is 2.40. The maximum absolute atomic E-state index is 12.3. The molecule has 166 valence electrons. The summed E-state index contributed by atoms with van der Waals surface area (Å²) in [4.78, 5) is 37.8. The molecule has 1 aliphatic heterocycles. The highest BCUT2D eigenvalue weighted by atomic mass is 35.5. The Morgan fingerprint density at radius 1 is 1.22 bits per heavy atom. The summed E-state index contributed by atoms with van der Waals surface area (Å²) in [5.41, 5.74) is 8.33. The fourth-order valence-corrected chi connectivity index (χ4v) is 5.28.